The van der Waals surface area contributed by atoms with E-state index in [0.29, 0.717) is 11.9 Å². The molecule has 0 aliphatic heterocycles. The van der Waals surface area contributed by atoms with Gasteiger partial charge in [-0.25, -0.2) is 0 Å². The van der Waals surface area contributed by atoms with Gasteiger partial charge >= 0.3 is 0 Å². The molecule has 16 heavy (non-hydrogen) atoms. The van der Waals surface area contributed by atoms with Crippen molar-refractivity contribution in [2.45, 2.75) is 38.6 Å². The topological polar surface area (TPSA) is 34.1 Å². The van der Waals surface area contributed by atoms with Crippen LogP contribution in [0.1, 0.15) is 32.6 Å². The van der Waals surface area contributed by atoms with Crippen LogP contribution in [0.2, 0.25) is 0 Å². The smallest absolute Gasteiger partial charge is 0.214 e. The van der Waals surface area contributed by atoms with E-state index in [1.165, 1.54) is 25.7 Å². The number of nitrogens with zero attached hydrogens (tertiary/aromatic N) is 1. The lowest BCUT2D eigenvalue weighted by atomic mass is 9.87. The summed E-state index contributed by atoms with van der Waals surface area (Å²) in [5.74, 6) is 2.43. The Morgan fingerprint density at radius 1 is 1.38 bits per heavy atom. The molecular formula is C13H20N2O. The number of aromatic nitrogens is 1. The van der Waals surface area contributed by atoms with E-state index in [9.17, 15) is 0 Å². The highest BCUT2D eigenvalue weighted by atomic mass is 16.5. The van der Waals surface area contributed by atoms with Gasteiger partial charge in [-0.15, -0.1) is 0 Å². The third-order valence-corrected chi connectivity index (χ3v) is 3.22. The Morgan fingerprint density at radius 2 is 2.25 bits per heavy atom. The van der Waals surface area contributed by atoms with Gasteiger partial charge in [0, 0.05) is 12.1 Å². The molecule has 0 aromatic carbocycles. The Labute approximate surface area is 97.2 Å². The zero-order valence-electron chi connectivity index (χ0n) is 10.1. The van der Waals surface area contributed by atoms with Crippen molar-refractivity contribution in [3.8, 4) is 5.88 Å². The summed E-state index contributed by atoms with van der Waals surface area (Å²) in [5, 5.41) is 3.49. The van der Waals surface area contributed by atoms with Crippen LogP contribution in [0.25, 0.3) is 0 Å². The second-order valence-electron chi connectivity index (χ2n) is 4.68. The van der Waals surface area contributed by atoms with Crippen LogP contribution in [-0.2, 0) is 0 Å². The molecule has 1 aromatic heterocycles. The van der Waals surface area contributed by atoms with Crippen molar-refractivity contribution < 1.29 is 4.74 Å². The van der Waals surface area contributed by atoms with Gasteiger partial charge in [0.2, 0.25) is 5.88 Å². The highest BCUT2D eigenvalue weighted by molar-refractivity contribution is 5.38. The molecule has 2 rings (SSSR count). The first-order valence-corrected chi connectivity index (χ1v) is 6.05. The maximum Gasteiger partial charge on any atom is 0.214 e. The minimum Gasteiger partial charge on any atom is -0.481 e. The molecule has 1 aliphatic carbocycles. The highest BCUT2D eigenvalue weighted by Gasteiger charge is 2.18. The maximum atomic E-state index is 5.11. The first-order chi connectivity index (χ1) is 7.78. The molecule has 0 saturated heterocycles. The van der Waals surface area contributed by atoms with Crippen LogP contribution in [0.5, 0.6) is 5.88 Å². The molecule has 0 bridgehead atoms. The number of ether oxygens (including phenoxy) is 1. The van der Waals surface area contributed by atoms with Crippen LogP contribution < -0.4 is 10.1 Å². The van der Waals surface area contributed by atoms with Crippen LogP contribution in [0.4, 0.5) is 5.82 Å². The fourth-order valence-corrected chi connectivity index (χ4v) is 2.38. The van der Waals surface area contributed by atoms with Crippen molar-refractivity contribution in [2.75, 3.05) is 12.4 Å². The lowest BCUT2D eigenvalue weighted by Crippen LogP contribution is -2.26. The molecule has 2 unspecified atom stereocenters. The zero-order valence-corrected chi connectivity index (χ0v) is 10.1. The number of hydrogen-bond donors (Lipinski definition) is 1. The van der Waals surface area contributed by atoms with Crippen LogP contribution in [0.3, 0.4) is 0 Å². The number of anilines is 1. The van der Waals surface area contributed by atoms with E-state index >= 15 is 0 Å². The van der Waals surface area contributed by atoms with Crippen molar-refractivity contribution in [3.63, 3.8) is 0 Å². The van der Waals surface area contributed by atoms with Gasteiger partial charge in [-0.3, -0.25) is 0 Å². The second kappa shape index (κ2) is 5.19. The Hall–Kier alpha value is -1.25. The van der Waals surface area contributed by atoms with E-state index in [1.807, 2.05) is 18.2 Å². The van der Waals surface area contributed by atoms with E-state index in [2.05, 4.69) is 17.2 Å². The molecule has 1 heterocycles. The second-order valence-corrected chi connectivity index (χ2v) is 4.68. The monoisotopic (exact) mass is 220 g/mol. The van der Waals surface area contributed by atoms with Gasteiger partial charge in [-0.2, -0.15) is 4.98 Å². The first-order valence-electron chi connectivity index (χ1n) is 6.05. The quantitative estimate of drug-likeness (QED) is 0.850. The summed E-state index contributed by atoms with van der Waals surface area (Å²) in [5.41, 5.74) is 0. The lowest BCUT2D eigenvalue weighted by Gasteiger charge is -2.27. The number of nitrogens with one attached hydrogen (secondary N) is 1. The fraction of sp³-hybridized carbons (Fsp3) is 0.615. The van der Waals surface area contributed by atoms with Crippen molar-refractivity contribution in [1.29, 1.82) is 0 Å². The van der Waals surface area contributed by atoms with Gasteiger partial charge in [0.1, 0.15) is 5.82 Å². The van der Waals surface area contributed by atoms with E-state index in [1.54, 1.807) is 7.11 Å². The number of hydrogen-bond acceptors (Lipinski definition) is 3. The Balaban J connectivity index is 1.97. The van der Waals surface area contributed by atoms with Crippen LogP contribution >= 0.6 is 0 Å². The van der Waals surface area contributed by atoms with E-state index in [-0.39, 0.29) is 0 Å². The molecule has 2 atom stereocenters. The van der Waals surface area contributed by atoms with Gasteiger partial charge in [-0.1, -0.05) is 25.8 Å². The predicted molar refractivity (Wildman–Crippen MR) is 65.8 cm³/mol. The zero-order chi connectivity index (χ0) is 11.4. The molecule has 1 aliphatic rings. The van der Waals surface area contributed by atoms with Crippen LogP contribution in [-0.4, -0.2) is 18.1 Å². The largest absolute Gasteiger partial charge is 0.481 e. The number of methoxy groups -OCH3 is 1. The molecule has 0 spiro atoms. The van der Waals surface area contributed by atoms with E-state index in [4.69, 9.17) is 4.74 Å². The number of rotatable bonds is 3. The van der Waals surface area contributed by atoms with Gasteiger partial charge in [0.15, 0.2) is 0 Å². The van der Waals surface area contributed by atoms with Crippen molar-refractivity contribution >= 4 is 5.82 Å². The van der Waals surface area contributed by atoms with Gasteiger partial charge in [-0.05, 0) is 24.8 Å². The van der Waals surface area contributed by atoms with Gasteiger partial charge in [0.25, 0.3) is 0 Å². The normalized spacial score (nSPS) is 25.1. The van der Waals surface area contributed by atoms with E-state index in [0.717, 1.165) is 11.7 Å². The minimum atomic E-state index is 0.573. The minimum absolute atomic E-state index is 0.573. The first kappa shape index (κ1) is 11.2. The van der Waals surface area contributed by atoms with Crippen LogP contribution in [0, 0.1) is 5.92 Å². The highest BCUT2D eigenvalue weighted by Crippen LogP contribution is 2.26. The summed E-state index contributed by atoms with van der Waals surface area (Å²) >= 11 is 0. The number of pyridine rings is 1. The summed E-state index contributed by atoms with van der Waals surface area (Å²) in [7, 11) is 1.65. The van der Waals surface area contributed by atoms with E-state index < -0.39 is 0 Å². The summed E-state index contributed by atoms with van der Waals surface area (Å²) in [6, 6.07) is 6.42. The molecular weight excluding hydrogens is 200 g/mol. The third kappa shape index (κ3) is 2.87. The van der Waals surface area contributed by atoms with Gasteiger partial charge in [0.05, 0.1) is 7.11 Å². The van der Waals surface area contributed by atoms with Crippen molar-refractivity contribution in [2.24, 2.45) is 5.92 Å². The Bertz CT molecular complexity index is 340. The average molecular weight is 220 g/mol. The summed E-state index contributed by atoms with van der Waals surface area (Å²) in [4.78, 5) is 4.38. The third-order valence-electron chi connectivity index (χ3n) is 3.22. The molecule has 1 saturated carbocycles. The molecule has 1 fully saturated rings. The summed E-state index contributed by atoms with van der Waals surface area (Å²) < 4.78 is 5.11. The van der Waals surface area contributed by atoms with Crippen molar-refractivity contribution in [1.82, 2.24) is 4.98 Å². The molecule has 1 aromatic rings. The lowest BCUT2D eigenvalue weighted by molar-refractivity contribution is 0.357. The van der Waals surface area contributed by atoms with Crippen molar-refractivity contribution in [3.05, 3.63) is 18.2 Å². The summed E-state index contributed by atoms with van der Waals surface area (Å²) in [6.07, 6.45) is 5.19. The SMILES string of the molecule is COc1cccc(NC2CCCC(C)C2)n1. The summed E-state index contributed by atoms with van der Waals surface area (Å²) in [6.45, 7) is 2.33. The molecule has 1 N–H and O–H groups in total. The van der Waals surface area contributed by atoms with Crippen LogP contribution in [0.15, 0.2) is 18.2 Å². The molecule has 0 radical (unpaired) electrons. The standard InChI is InChI=1S/C13H20N2O/c1-10-5-3-6-11(9-10)14-12-7-4-8-13(15-12)16-2/h4,7-8,10-11H,3,5-6,9H2,1-2H3,(H,14,15). The predicted octanol–water partition coefficient (Wildman–Crippen LogP) is 3.08. The van der Waals surface area contributed by atoms with Gasteiger partial charge < -0.3 is 10.1 Å². The Morgan fingerprint density at radius 3 is 3.00 bits per heavy atom. The molecule has 3 nitrogen and oxygen atoms in total. The maximum absolute atomic E-state index is 5.11. The molecule has 0 amide bonds. The molecule has 3 heteroatoms. The molecule has 88 valence electrons. The average Bonchev–Trinajstić information content (AvgIpc) is 2.29. The fourth-order valence-electron chi connectivity index (χ4n) is 2.38. The Kier molecular flexibility index (Phi) is 3.65.